The van der Waals surface area contributed by atoms with Gasteiger partial charge in [-0.1, -0.05) is 23.8 Å². The molecular formula is C11H18. The topological polar surface area (TPSA) is 0 Å². The van der Waals surface area contributed by atoms with E-state index in [1.807, 2.05) is 6.92 Å². The van der Waals surface area contributed by atoms with Crippen LogP contribution in [0.1, 0.15) is 34.6 Å². The second-order valence-corrected chi connectivity index (χ2v) is 3.00. The van der Waals surface area contributed by atoms with E-state index >= 15 is 0 Å². The van der Waals surface area contributed by atoms with E-state index in [9.17, 15) is 0 Å². The fourth-order valence-corrected chi connectivity index (χ4v) is 0.832. The van der Waals surface area contributed by atoms with Crippen LogP contribution in [0.2, 0.25) is 0 Å². The molecule has 0 aliphatic rings. The van der Waals surface area contributed by atoms with Gasteiger partial charge in [-0.25, -0.2) is 0 Å². The van der Waals surface area contributed by atoms with Gasteiger partial charge in [-0.05, 0) is 45.8 Å². The highest BCUT2D eigenvalue weighted by Gasteiger charge is 1.97. The molecule has 0 rings (SSSR count). The predicted molar refractivity (Wildman–Crippen MR) is 52.6 cm³/mol. The van der Waals surface area contributed by atoms with Gasteiger partial charge in [0.05, 0.1) is 0 Å². The minimum absolute atomic E-state index is 1.16. The molecule has 0 bridgehead atoms. The first-order valence-corrected chi connectivity index (χ1v) is 3.97. The number of hydrogen-bond donors (Lipinski definition) is 0. The second-order valence-electron chi connectivity index (χ2n) is 3.00. The molecule has 11 heavy (non-hydrogen) atoms. The smallest absolute Gasteiger partial charge is 0.0393 e. The Balaban J connectivity index is 4.81. The van der Waals surface area contributed by atoms with E-state index in [1.54, 1.807) is 0 Å². The van der Waals surface area contributed by atoms with Gasteiger partial charge in [0.1, 0.15) is 0 Å². The third kappa shape index (κ3) is 2.75. The standard InChI is InChI=1S/C11H18/c1-7-9(4)11(6)10(5)8(2)3/h7H,2H2,1,3-6H3/b9-7?,11-10+. The van der Waals surface area contributed by atoms with Crippen molar-refractivity contribution in [2.24, 2.45) is 0 Å². The highest BCUT2D eigenvalue weighted by atomic mass is 14.0. The maximum atomic E-state index is 3.91. The summed E-state index contributed by atoms with van der Waals surface area (Å²) < 4.78 is 0. The molecular weight excluding hydrogens is 132 g/mol. The van der Waals surface area contributed by atoms with Crippen LogP contribution in [-0.2, 0) is 0 Å². The van der Waals surface area contributed by atoms with Crippen molar-refractivity contribution in [1.82, 2.24) is 0 Å². The normalized spacial score (nSPS) is 14.5. The van der Waals surface area contributed by atoms with Gasteiger partial charge in [0.25, 0.3) is 0 Å². The molecule has 0 aliphatic carbocycles. The summed E-state index contributed by atoms with van der Waals surface area (Å²) >= 11 is 0. The van der Waals surface area contributed by atoms with Crippen molar-refractivity contribution in [2.75, 3.05) is 0 Å². The summed E-state index contributed by atoms with van der Waals surface area (Å²) in [5, 5.41) is 0. The summed E-state index contributed by atoms with van der Waals surface area (Å²) in [6, 6.07) is 0. The van der Waals surface area contributed by atoms with E-state index in [1.165, 1.54) is 16.7 Å². The molecule has 0 aromatic carbocycles. The van der Waals surface area contributed by atoms with Crippen molar-refractivity contribution in [3.05, 3.63) is 34.9 Å². The lowest BCUT2D eigenvalue weighted by atomic mass is 10.00. The molecule has 0 N–H and O–H groups in total. The zero-order valence-corrected chi connectivity index (χ0v) is 8.28. The van der Waals surface area contributed by atoms with Crippen LogP contribution in [0, 0.1) is 0 Å². The average molecular weight is 150 g/mol. The summed E-state index contributed by atoms with van der Waals surface area (Å²) in [5.41, 5.74) is 5.15. The summed E-state index contributed by atoms with van der Waals surface area (Å²) in [6.07, 6.45) is 2.13. The van der Waals surface area contributed by atoms with Gasteiger partial charge in [-0.2, -0.15) is 0 Å². The Bertz CT molecular complexity index is 214. The molecule has 0 aromatic heterocycles. The Morgan fingerprint density at radius 2 is 1.45 bits per heavy atom. The molecule has 0 aliphatic heterocycles. The van der Waals surface area contributed by atoms with Crippen LogP contribution in [0.25, 0.3) is 0 Å². The van der Waals surface area contributed by atoms with Crippen LogP contribution in [0.4, 0.5) is 0 Å². The third-order valence-electron chi connectivity index (χ3n) is 2.23. The van der Waals surface area contributed by atoms with E-state index < -0.39 is 0 Å². The third-order valence-corrected chi connectivity index (χ3v) is 2.23. The largest absolute Gasteiger partial charge is 0.0958 e. The van der Waals surface area contributed by atoms with Crippen molar-refractivity contribution in [2.45, 2.75) is 34.6 Å². The second kappa shape index (κ2) is 4.17. The lowest BCUT2D eigenvalue weighted by Crippen LogP contribution is -1.86. The Labute approximate surface area is 70.3 Å². The van der Waals surface area contributed by atoms with Crippen LogP contribution < -0.4 is 0 Å². The molecule has 0 amide bonds. The predicted octanol–water partition coefficient (Wildman–Crippen LogP) is 3.87. The summed E-state index contributed by atoms with van der Waals surface area (Å²) in [4.78, 5) is 0. The summed E-state index contributed by atoms with van der Waals surface area (Å²) in [7, 11) is 0. The Kier molecular flexibility index (Phi) is 3.88. The molecule has 0 radical (unpaired) electrons. The first kappa shape index (κ1) is 10.2. The lowest BCUT2D eigenvalue weighted by Gasteiger charge is -2.06. The first-order valence-electron chi connectivity index (χ1n) is 3.97. The van der Waals surface area contributed by atoms with E-state index in [-0.39, 0.29) is 0 Å². The number of rotatable bonds is 2. The molecule has 0 nitrogen and oxygen atoms in total. The Morgan fingerprint density at radius 1 is 1.00 bits per heavy atom. The highest BCUT2D eigenvalue weighted by Crippen LogP contribution is 2.17. The van der Waals surface area contributed by atoms with Crippen molar-refractivity contribution < 1.29 is 0 Å². The van der Waals surface area contributed by atoms with Crippen LogP contribution in [0.3, 0.4) is 0 Å². The number of hydrogen-bond acceptors (Lipinski definition) is 0. The van der Waals surface area contributed by atoms with E-state index in [0.29, 0.717) is 0 Å². The number of allylic oxidation sites excluding steroid dienone is 5. The van der Waals surface area contributed by atoms with E-state index in [0.717, 1.165) is 5.57 Å². The minimum Gasteiger partial charge on any atom is -0.0958 e. The van der Waals surface area contributed by atoms with E-state index in [4.69, 9.17) is 0 Å². The molecule has 0 heterocycles. The first-order chi connectivity index (χ1) is 5.00. The van der Waals surface area contributed by atoms with E-state index in [2.05, 4.69) is 40.3 Å². The maximum Gasteiger partial charge on any atom is -0.0393 e. The zero-order chi connectivity index (χ0) is 9.02. The van der Waals surface area contributed by atoms with Crippen LogP contribution >= 0.6 is 0 Å². The fraction of sp³-hybridized carbons (Fsp3) is 0.455. The molecule has 0 heteroatoms. The monoisotopic (exact) mass is 150 g/mol. The van der Waals surface area contributed by atoms with Crippen LogP contribution in [0.15, 0.2) is 34.9 Å². The maximum absolute atomic E-state index is 3.91. The van der Waals surface area contributed by atoms with Gasteiger partial charge < -0.3 is 0 Å². The van der Waals surface area contributed by atoms with Crippen molar-refractivity contribution in [3.63, 3.8) is 0 Å². The molecule has 0 atom stereocenters. The zero-order valence-electron chi connectivity index (χ0n) is 8.28. The van der Waals surface area contributed by atoms with Gasteiger partial charge in [0.15, 0.2) is 0 Å². The SMILES string of the molecule is C=C(C)/C(C)=C(\C)C(C)=CC. The highest BCUT2D eigenvalue weighted by molar-refractivity contribution is 5.39. The summed E-state index contributed by atoms with van der Waals surface area (Å²) in [6.45, 7) is 14.4. The summed E-state index contributed by atoms with van der Waals surface area (Å²) in [5.74, 6) is 0. The molecule has 0 fully saturated rings. The van der Waals surface area contributed by atoms with Crippen LogP contribution in [-0.4, -0.2) is 0 Å². The van der Waals surface area contributed by atoms with Crippen molar-refractivity contribution in [1.29, 1.82) is 0 Å². The van der Waals surface area contributed by atoms with Gasteiger partial charge >= 0.3 is 0 Å². The molecule has 62 valence electrons. The van der Waals surface area contributed by atoms with Gasteiger partial charge in [0.2, 0.25) is 0 Å². The fourth-order valence-electron chi connectivity index (χ4n) is 0.832. The molecule has 0 saturated heterocycles. The van der Waals surface area contributed by atoms with Gasteiger partial charge in [0, 0.05) is 0 Å². The molecule has 0 saturated carbocycles. The molecule has 0 spiro atoms. The van der Waals surface area contributed by atoms with Crippen molar-refractivity contribution in [3.8, 4) is 0 Å². The average Bonchev–Trinajstić information content (AvgIpc) is 2.00. The quantitative estimate of drug-likeness (QED) is 0.524. The van der Waals surface area contributed by atoms with Crippen molar-refractivity contribution >= 4 is 0 Å². The van der Waals surface area contributed by atoms with Crippen LogP contribution in [0.5, 0.6) is 0 Å². The minimum atomic E-state index is 1.16. The van der Waals surface area contributed by atoms with Gasteiger partial charge in [-0.3, -0.25) is 0 Å². The van der Waals surface area contributed by atoms with Gasteiger partial charge in [-0.15, -0.1) is 0 Å². The Hall–Kier alpha value is -0.780. The Morgan fingerprint density at radius 3 is 1.73 bits per heavy atom. The lowest BCUT2D eigenvalue weighted by molar-refractivity contribution is 1.22. The molecule has 0 unspecified atom stereocenters. The molecule has 0 aromatic rings.